The first kappa shape index (κ1) is 11.1. The molecule has 1 aromatic heterocycles. The molecule has 1 spiro atoms. The highest BCUT2D eigenvalue weighted by atomic mass is 32.2. The van der Waals surface area contributed by atoms with Gasteiger partial charge in [0.1, 0.15) is 16.3 Å². The molecule has 2 aliphatic rings. The van der Waals surface area contributed by atoms with Crippen LogP contribution in [0.4, 0.5) is 0 Å². The molecule has 19 heavy (non-hydrogen) atoms. The summed E-state index contributed by atoms with van der Waals surface area (Å²) in [6.07, 6.45) is 4.30. The molecule has 3 nitrogen and oxygen atoms in total. The number of rotatable bonds is 2. The lowest BCUT2D eigenvalue weighted by Crippen LogP contribution is -2.04. The van der Waals surface area contributed by atoms with Crippen LogP contribution >= 0.6 is 11.8 Å². The number of nitrogens with zero attached hydrogens (tertiary/aromatic N) is 2. The van der Waals surface area contributed by atoms with Gasteiger partial charge < -0.3 is 4.74 Å². The van der Waals surface area contributed by atoms with E-state index in [9.17, 15) is 0 Å². The number of aliphatic imine (C=N–C) groups is 1. The summed E-state index contributed by atoms with van der Waals surface area (Å²) >= 11 is 1.78. The molecule has 1 aromatic carbocycles. The fourth-order valence-corrected chi connectivity index (χ4v) is 3.31. The Balaban J connectivity index is 1.76. The quantitative estimate of drug-likeness (QED) is 0.785. The van der Waals surface area contributed by atoms with E-state index in [2.05, 4.69) is 18.2 Å². The zero-order chi connectivity index (χ0) is 12.9. The molecule has 0 fully saturated rings. The van der Waals surface area contributed by atoms with Crippen LogP contribution in [0.1, 0.15) is 5.69 Å². The van der Waals surface area contributed by atoms with Gasteiger partial charge in [0.25, 0.3) is 0 Å². The Bertz CT molecular complexity index is 730. The average Bonchev–Trinajstić information content (AvgIpc) is 3.07. The van der Waals surface area contributed by atoms with E-state index in [1.165, 1.54) is 0 Å². The average molecular weight is 268 g/mol. The number of pyridine rings is 1. The molecular formula is C15H12N2OS. The third-order valence-electron chi connectivity index (χ3n) is 3.42. The van der Waals surface area contributed by atoms with Crippen molar-refractivity contribution in [2.45, 2.75) is 5.54 Å². The summed E-state index contributed by atoms with van der Waals surface area (Å²) in [5.41, 5.74) is 1.97. The molecule has 1 aliphatic heterocycles. The maximum atomic E-state index is 5.22. The lowest BCUT2D eigenvalue weighted by atomic mass is 10.2. The fourth-order valence-electron chi connectivity index (χ4n) is 2.19. The molecule has 4 rings (SSSR count). The third-order valence-corrected chi connectivity index (χ3v) is 4.60. The molecule has 0 saturated carbocycles. The van der Waals surface area contributed by atoms with Crippen LogP contribution in [0.2, 0.25) is 0 Å². The van der Waals surface area contributed by atoms with E-state index in [1.807, 2.05) is 24.3 Å². The number of ether oxygens (including phenoxy) is 1. The van der Waals surface area contributed by atoms with E-state index in [0.717, 1.165) is 33.1 Å². The molecule has 0 radical (unpaired) electrons. The molecule has 0 atom stereocenters. The van der Waals surface area contributed by atoms with Gasteiger partial charge in [-0.2, -0.15) is 0 Å². The molecule has 0 bridgehead atoms. The van der Waals surface area contributed by atoms with Crippen molar-refractivity contribution in [3.05, 3.63) is 48.2 Å². The number of hydrogen-bond acceptors (Lipinski definition) is 4. The predicted molar refractivity (Wildman–Crippen MR) is 79.2 cm³/mol. The van der Waals surface area contributed by atoms with Gasteiger partial charge in [-0.05, 0) is 24.3 Å². The van der Waals surface area contributed by atoms with E-state index in [1.54, 1.807) is 18.9 Å². The molecule has 2 aromatic rings. The van der Waals surface area contributed by atoms with Gasteiger partial charge in [-0.15, -0.1) is 11.8 Å². The zero-order valence-corrected chi connectivity index (χ0v) is 11.3. The highest BCUT2D eigenvalue weighted by molar-refractivity contribution is 8.14. The van der Waals surface area contributed by atoms with Crippen molar-refractivity contribution in [1.29, 1.82) is 0 Å². The number of methoxy groups -OCH3 is 1. The smallest absolute Gasteiger partial charge is 0.119 e. The van der Waals surface area contributed by atoms with Crippen molar-refractivity contribution in [3.63, 3.8) is 0 Å². The first-order valence-corrected chi connectivity index (χ1v) is 7.15. The van der Waals surface area contributed by atoms with Crippen LogP contribution in [0.15, 0.2) is 47.5 Å². The zero-order valence-electron chi connectivity index (χ0n) is 10.5. The summed E-state index contributed by atoms with van der Waals surface area (Å²) in [6, 6.07) is 10.0. The van der Waals surface area contributed by atoms with Crippen molar-refractivity contribution in [2.24, 2.45) is 4.99 Å². The van der Waals surface area contributed by atoms with Crippen molar-refractivity contribution in [1.82, 2.24) is 4.98 Å². The SMILES string of the molecule is COc1ccc2nc(C3=NC4(C=C4)CS3)ccc2c1. The first-order valence-electron chi connectivity index (χ1n) is 6.16. The van der Waals surface area contributed by atoms with Gasteiger partial charge in [0.2, 0.25) is 0 Å². The monoisotopic (exact) mass is 268 g/mol. The van der Waals surface area contributed by atoms with Crippen LogP contribution in [0.5, 0.6) is 5.75 Å². The molecule has 4 heteroatoms. The minimum absolute atomic E-state index is 0.0244. The molecule has 2 heterocycles. The lowest BCUT2D eigenvalue weighted by Gasteiger charge is -2.04. The van der Waals surface area contributed by atoms with E-state index in [0.29, 0.717) is 0 Å². The summed E-state index contributed by atoms with van der Waals surface area (Å²) < 4.78 is 5.22. The molecule has 0 saturated heterocycles. The second-order valence-electron chi connectivity index (χ2n) is 4.79. The molecule has 0 N–H and O–H groups in total. The van der Waals surface area contributed by atoms with Gasteiger partial charge in [-0.3, -0.25) is 4.99 Å². The molecule has 0 unspecified atom stereocenters. The van der Waals surface area contributed by atoms with E-state index in [4.69, 9.17) is 14.7 Å². The normalized spacial score (nSPS) is 18.9. The highest BCUT2D eigenvalue weighted by Crippen LogP contribution is 2.40. The number of hydrogen-bond donors (Lipinski definition) is 0. The minimum atomic E-state index is 0.0244. The fraction of sp³-hybridized carbons (Fsp3) is 0.200. The maximum absolute atomic E-state index is 5.22. The Labute approximate surface area is 115 Å². The summed E-state index contributed by atoms with van der Waals surface area (Å²) in [4.78, 5) is 9.41. The third kappa shape index (κ3) is 1.83. The molecule has 0 amide bonds. The van der Waals surface area contributed by atoms with Gasteiger partial charge in [0, 0.05) is 11.1 Å². The van der Waals surface area contributed by atoms with E-state index < -0.39 is 0 Å². The van der Waals surface area contributed by atoms with Crippen LogP contribution in [0.25, 0.3) is 10.9 Å². The Morgan fingerprint density at radius 3 is 2.84 bits per heavy atom. The van der Waals surface area contributed by atoms with Crippen molar-refractivity contribution in [2.75, 3.05) is 12.9 Å². The van der Waals surface area contributed by atoms with Gasteiger partial charge in [0.15, 0.2) is 0 Å². The topological polar surface area (TPSA) is 34.5 Å². The summed E-state index contributed by atoms with van der Waals surface area (Å²) in [6.45, 7) is 0. The van der Waals surface area contributed by atoms with Gasteiger partial charge in [0.05, 0.1) is 18.3 Å². The number of benzene rings is 1. The second kappa shape index (κ2) is 3.84. The number of aromatic nitrogens is 1. The first-order chi connectivity index (χ1) is 9.28. The van der Waals surface area contributed by atoms with Crippen molar-refractivity contribution < 1.29 is 4.74 Å². The standard InChI is InChI=1S/C15H12N2OS/c1-18-11-3-5-12-10(8-11)2-4-13(16-12)14-17-15(6-7-15)9-19-14/h2-8H,9H2,1H3. The Morgan fingerprint density at radius 2 is 2.11 bits per heavy atom. The number of fused-ring (bicyclic) bond motifs is 1. The lowest BCUT2D eigenvalue weighted by molar-refractivity contribution is 0.415. The van der Waals surface area contributed by atoms with Crippen molar-refractivity contribution in [3.8, 4) is 5.75 Å². The van der Waals surface area contributed by atoms with Crippen LogP contribution in [-0.2, 0) is 0 Å². The van der Waals surface area contributed by atoms with Crippen LogP contribution in [0, 0.1) is 0 Å². The van der Waals surface area contributed by atoms with Gasteiger partial charge in [-0.1, -0.05) is 18.2 Å². The van der Waals surface area contributed by atoms with Crippen LogP contribution < -0.4 is 4.74 Å². The van der Waals surface area contributed by atoms with Crippen LogP contribution in [-0.4, -0.2) is 28.4 Å². The number of thioether (sulfide) groups is 1. The highest BCUT2D eigenvalue weighted by Gasteiger charge is 2.39. The van der Waals surface area contributed by atoms with E-state index in [-0.39, 0.29) is 5.54 Å². The summed E-state index contributed by atoms with van der Waals surface area (Å²) in [5.74, 6) is 1.88. The Morgan fingerprint density at radius 1 is 1.21 bits per heavy atom. The Kier molecular flexibility index (Phi) is 2.23. The van der Waals surface area contributed by atoms with E-state index >= 15 is 0 Å². The van der Waals surface area contributed by atoms with Crippen molar-refractivity contribution >= 4 is 27.7 Å². The largest absolute Gasteiger partial charge is 0.497 e. The second-order valence-corrected chi connectivity index (χ2v) is 5.75. The molecule has 1 aliphatic carbocycles. The summed E-state index contributed by atoms with van der Waals surface area (Å²) in [7, 11) is 1.68. The molecule has 94 valence electrons. The summed E-state index contributed by atoms with van der Waals surface area (Å²) in [5, 5.41) is 2.13. The maximum Gasteiger partial charge on any atom is 0.119 e. The Hall–Kier alpha value is -1.81. The predicted octanol–water partition coefficient (Wildman–Crippen LogP) is 3.05. The molecular weight excluding hydrogens is 256 g/mol. The van der Waals surface area contributed by atoms with Crippen LogP contribution in [0.3, 0.4) is 0 Å². The van der Waals surface area contributed by atoms with Gasteiger partial charge >= 0.3 is 0 Å². The minimum Gasteiger partial charge on any atom is -0.497 e. The van der Waals surface area contributed by atoms with Gasteiger partial charge in [-0.25, -0.2) is 4.98 Å².